The van der Waals surface area contributed by atoms with Crippen LogP contribution in [0.5, 0.6) is 11.5 Å². The van der Waals surface area contributed by atoms with E-state index in [2.05, 4.69) is 0 Å². The van der Waals surface area contributed by atoms with Gasteiger partial charge in [0.2, 0.25) is 0 Å². The number of hydrogen-bond acceptors (Lipinski definition) is 2. The molecule has 0 atom stereocenters. The molecular formula is C7H8NaO2+. The molecule has 1 rings (SSSR count). The molecule has 0 aromatic heterocycles. The average Bonchev–Trinajstić information content (AvgIpc) is 1.88. The van der Waals surface area contributed by atoms with Crippen LogP contribution in [0.3, 0.4) is 0 Å². The second kappa shape index (κ2) is 4.61. The molecule has 0 aliphatic carbocycles. The third kappa shape index (κ3) is 2.60. The Labute approximate surface area is 82.1 Å². The smallest absolute Gasteiger partial charge is 0.508 e. The van der Waals surface area contributed by atoms with Crippen molar-refractivity contribution in [1.82, 2.24) is 0 Å². The Morgan fingerprint density at radius 3 is 2.50 bits per heavy atom. The minimum absolute atomic E-state index is 0. The van der Waals surface area contributed by atoms with Crippen LogP contribution < -0.4 is 34.3 Å². The Hall–Kier alpha value is -0.180. The maximum atomic E-state index is 8.86. The van der Waals surface area contributed by atoms with E-state index in [0.717, 1.165) is 0 Å². The Morgan fingerprint density at radius 2 is 2.10 bits per heavy atom. The fourth-order valence-electron chi connectivity index (χ4n) is 0.610. The first-order chi connectivity index (χ1) is 4.33. The number of phenols is 1. The molecule has 48 valence electrons. The van der Waals surface area contributed by atoms with E-state index >= 15 is 0 Å². The topological polar surface area (TPSA) is 29.5 Å². The summed E-state index contributed by atoms with van der Waals surface area (Å²) in [4.78, 5) is 0. The maximum Gasteiger partial charge on any atom is 1.00 e. The number of rotatable bonds is 1. The second-order valence-corrected chi connectivity index (χ2v) is 1.70. The molecule has 0 saturated heterocycles. The van der Waals surface area contributed by atoms with Gasteiger partial charge in [0.15, 0.2) is 0 Å². The minimum atomic E-state index is 0. The van der Waals surface area contributed by atoms with E-state index in [4.69, 9.17) is 9.84 Å². The van der Waals surface area contributed by atoms with Crippen molar-refractivity contribution in [1.29, 1.82) is 0 Å². The Bertz CT molecular complexity index is 201. The standard InChI is InChI=1S/C7H8O2.Na/c1-9-7-4-2-3-6(8)5-7;/h2-5,8H,1H3;/q;+1. The van der Waals surface area contributed by atoms with Gasteiger partial charge in [0.25, 0.3) is 0 Å². The largest absolute Gasteiger partial charge is 1.00 e. The van der Waals surface area contributed by atoms with Crippen molar-refractivity contribution in [2.75, 3.05) is 7.11 Å². The first-order valence-electron chi connectivity index (χ1n) is 2.66. The Balaban J connectivity index is 0.000000810. The van der Waals surface area contributed by atoms with Crippen LogP contribution in [-0.2, 0) is 0 Å². The number of hydrogen-bond donors (Lipinski definition) is 1. The van der Waals surface area contributed by atoms with Crippen LogP contribution in [0.25, 0.3) is 0 Å². The van der Waals surface area contributed by atoms with Gasteiger partial charge in [-0.15, -0.1) is 0 Å². The van der Waals surface area contributed by atoms with Crippen LogP contribution in [0.4, 0.5) is 0 Å². The molecule has 0 radical (unpaired) electrons. The van der Waals surface area contributed by atoms with E-state index < -0.39 is 0 Å². The summed E-state index contributed by atoms with van der Waals surface area (Å²) < 4.78 is 4.84. The van der Waals surface area contributed by atoms with Gasteiger partial charge in [0.05, 0.1) is 7.11 Å². The minimum Gasteiger partial charge on any atom is -0.508 e. The molecule has 2 nitrogen and oxygen atoms in total. The van der Waals surface area contributed by atoms with Gasteiger partial charge in [-0.2, -0.15) is 0 Å². The molecule has 1 aromatic carbocycles. The van der Waals surface area contributed by atoms with E-state index in [1.165, 1.54) is 0 Å². The van der Waals surface area contributed by atoms with Gasteiger partial charge >= 0.3 is 29.6 Å². The van der Waals surface area contributed by atoms with Crippen molar-refractivity contribution in [3.8, 4) is 11.5 Å². The third-order valence-corrected chi connectivity index (χ3v) is 1.05. The summed E-state index contributed by atoms with van der Waals surface area (Å²) in [6, 6.07) is 6.66. The summed E-state index contributed by atoms with van der Waals surface area (Å²) >= 11 is 0. The van der Waals surface area contributed by atoms with Crippen molar-refractivity contribution < 1.29 is 39.4 Å². The molecule has 1 N–H and O–H groups in total. The molecule has 0 spiro atoms. The molecule has 1 aromatic rings. The van der Waals surface area contributed by atoms with Gasteiger partial charge in [-0.25, -0.2) is 0 Å². The molecule has 3 heteroatoms. The first kappa shape index (κ1) is 9.82. The predicted molar refractivity (Wildman–Crippen MR) is 34.7 cm³/mol. The fraction of sp³-hybridized carbons (Fsp3) is 0.143. The number of methoxy groups -OCH3 is 1. The average molecular weight is 147 g/mol. The van der Waals surface area contributed by atoms with Gasteiger partial charge < -0.3 is 9.84 Å². The van der Waals surface area contributed by atoms with Crippen LogP contribution in [0, 0.1) is 0 Å². The molecular weight excluding hydrogens is 139 g/mol. The predicted octanol–water partition coefficient (Wildman–Crippen LogP) is -1.60. The zero-order valence-electron chi connectivity index (χ0n) is 6.16. The van der Waals surface area contributed by atoms with Crippen LogP contribution >= 0.6 is 0 Å². The molecule has 10 heavy (non-hydrogen) atoms. The first-order valence-corrected chi connectivity index (χ1v) is 2.66. The summed E-state index contributed by atoms with van der Waals surface area (Å²) in [5.41, 5.74) is 0. The van der Waals surface area contributed by atoms with E-state index in [1.54, 1.807) is 31.4 Å². The van der Waals surface area contributed by atoms with Crippen LogP contribution in [0.2, 0.25) is 0 Å². The van der Waals surface area contributed by atoms with E-state index in [-0.39, 0.29) is 35.3 Å². The SMILES string of the molecule is COc1cccc(O)c1.[Na+]. The molecule has 0 amide bonds. The van der Waals surface area contributed by atoms with Crippen molar-refractivity contribution in [3.63, 3.8) is 0 Å². The van der Waals surface area contributed by atoms with Crippen LogP contribution in [0.15, 0.2) is 24.3 Å². The Morgan fingerprint density at radius 1 is 1.40 bits per heavy atom. The number of ether oxygens (including phenoxy) is 1. The van der Waals surface area contributed by atoms with E-state index in [0.29, 0.717) is 5.75 Å². The van der Waals surface area contributed by atoms with Gasteiger partial charge in [-0.05, 0) is 12.1 Å². The monoisotopic (exact) mass is 147 g/mol. The summed E-state index contributed by atoms with van der Waals surface area (Å²) in [6.07, 6.45) is 0. The quantitative estimate of drug-likeness (QED) is 0.485. The van der Waals surface area contributed by atoms with Crippen LogP contribution in [-0.4, -0.2) is 12.2 Å². The molecule has 0 aliphatic heterocycles. The molecule has 0 unspecified atom stereocenters. The molecule has 0 fully saturated rings. The maximum absolute atomic E-state index is 8.86. The van der Waals surface area contributed by atoms with Crippen molar-refractivity contribution in [3.05, 3.63) is 24.3 Å². The summed E-state index contributed by atoms with van der Waals surface area (Å²) in [5, 5.41) is 8.86. The van der Waals surface area contributed by atoms with Crippen molar-refractivity contribution in [2.45, 2.75) is 0 Å². The Kier molecular flexibility index (Phi) is 4.52. The number of phenolic OH excluding ortho intramolecular Hbond substituents is 1. The molecule has 0 saturated carbocycles. The van der Waals surface area contributed by atoms with Crippen molar-refractivity contribution in [2.24, 2.45) is 0 Å². The molecule has 0 bridgehead atoms. The van der Waals surface area contributed by atoms with Crippen LogP contribution in [0.1, 0.15) is 0 Å². The van der Waals surface area contributed by atoms with Gasteiger partial charge in [0, 0.05) is 6.07 Å². The zero-order chi connectivity index (χ0) is 6.69. The number of benzene rings is 1. The molecule has 0 aliphatic rings. The zero-order valence-corrected chi connectivity index (χ0v) is 8.16. The van der Waals surface area contributed by atoms with Crippen molar-refractivity contribution >= 4 is 0 Å². The van der Waals surface area contributed by atoms with E-state index in [1.807, 2.05) is 0 Å². The fourth-order valence-corrected chi connectivity index (χ4v) is 0.610. The summed E-state index contributed by atoms with van der Waals surface area (Å²) in [5.74, 6) is 0.907. The third-order valence-electron chi connectivity index (χ3n) is 1.05. The van der Waals surface area contributed by atoms with Gasteiger partial charge in [-0.3, -0.25) is 0 Å². The normalized spacial score (nSPS) is 8.10. The second-order valence-electron chi connectivity index (χ2n) is 1.70. The number of aromatic hydroxyl groups is 1. The summed E-state index contributed by atoms with van der Waals surface area (Å²) in [6.45, 7) is 0. The molecule has 0 heterocycles. The van der Waals surface area contributed by atoms with E-state index in [9.17, 15) is 0 Å². The summed E-state index contributed by atoms with van der Waals surface area (Å²) in [7, 11) is 1.56. The van der Waals surface area contributed by atoms with Gasteiger partial charge in [0.1, 0.15) is 11.5 Å². The van der Waals surface area contributed by atoms with Gasteiger partial charge in [-0.1, -0.05) is 6.07 Å².